The lowest BCUT2D eigenvalue weighted by Crippen LogP contribution is -2.41. The monoisotopic (exact) mass is 418 g/mol. The summed E-state index contributed by atoms with van der Waals surface area (Å²) in [4.78, 5) is 26.4. The van der Waals surface area contributed by atoms with Crippen LogP contribution < -0.4 is 5.32 Å². The number of carbonyl (C=O) groups excluding carboxylic acids is 2. The fourth-order valence-corrected chi connectivity index (χ4v) is 3.99. The zero-order valence-corrected chi connectivity index (χ0v) is 17.4. The van der Waals surface area contributed by atoms with Crippen molar-refractivity contribution in [1.29, 1.82) is 0 Å². The van der Waals surface area contributed by atoms with Crippen LogP contribution in [0.3, 0.4) is 0 Å². The van der Waals surface area contributed by atoms with Gasteiger partial charge >= 0.3 is 0 Å². The van der Waals surface area contributed by atoms with Crippen molar-refractivity contribution in [2.75, 3.05) is 32.8 Å². The van der Waals surface area contributed by atoms with Gasteiger partial charge in [0, 0.05) is 37.0 Å². The van der Waals surface area contributed by atoms with Gasteiger partial charge in [-0.1, -0.05) is 24.3 Å². The zero-order valence-electron chi connectivity index (χ0n) is 17.4. The fraction of sp³-hybridized carbons (Fsp3) is 0.375. The van der Waals surface area contributed by atoms with Crippen molar-refractivity contribution < 1.29 is 14.3 Å². The lowest BCUT2D eigenvalue weighted by molar-refractivity contribution is -0.122. The minimum Gasteiger partial charge on any atom is -0.379 e. The molecule has 0 bridgehead atoms. The van der Waals surface area contributed by atoms with Crippen LogP contribution in [-0.2, 0) is 9.53 Å². The summed E-state index contributed by atoms with van der Waals surface area (Å²) in [5, 5.41) is 8.52. The Bertz CT molecular complexity index is 1100. The maximum atomic E-state index is 13.0. The molecule has 160 valence electrons. The van der Waals surface area contributed by atoms with Crippen molar-refractivity contribution in [2.24, 2.45) is 0 Å². The van der Waals surface area contributed by atoms with Gasteiger partial charge in [-0.2, -0.15) is 5.10 Å². The largest absolute Gasteiger partial charge is 0.379 e. The molecule has 1 saturated heterocycles. The molecule has 0 radical (unpaired) electrons. The van der Waals surface area contributed by atoms with Gasteiger partial charge in [-0.05, 0) is 42.2 Å². The lowest BCUT2D eigenvalue weighted by Gasteiger charge is -2.24. The minimum absolute atomic E-state index is 0.0429. The molecule has 1 N–H and O–H groups in total. The van der Waals surface area contributed by atoms with Crippen LogP contribution in [0.1, 0.15) is 35.7 Å². The van der Waals surface area contributed by atoms with Gasteiger partial charge in [-0.25, -0.2) is 0 Å². The standard InChI is InChI=1S/C24H26N4O3/c29-23-9-13-31-14-12-27(11-10-25-23)24(30)18-3-1-17(2-4-18)19-5-6-20-16-26-28(21-7-8-21)22(20)15-19/h1-6,15-16,21H,7-14H2,(H,25,29). The van der Waals surface area contributed by atoms with Crippen LogP contribution in [0.5, 0.6) is 0 Å². The maximum Gasteiger partial charge on any atom is 0.253 e. The number of benzene rings is 2. The van der Waals surface area contributed by atoms with E-state index < -0.39 is 0 Å². The first-order chi connectivity index (χ1) is 15.2. The van der Waals surface area contributed by atoms with E-state index in [9.17, 15) is 9.59 Å². The van der Waals surface area contributed by atoms with Crippen molar-refractivity contribution in [2.45, 2.75) is 25.3 Å². The predicted molar refractivity (Wildman–Crippen MR) is 118 cm³/mol. The number of nitrogens with zero attached hydrogens (tertiary/aromatic N) is 3. The molecule has 2 aromatic carbocycles. The molecule has 0 atom stereocenters. The molecule has 31 heavy (non-hydrogen) atoms. The number of rotatable bonds is 3. The van der Waals surface area contributed by atoms with Crippen molar-refractivity contribution >= 4 is 22.7 Å². The maximum absolute atomic E-state index is 13.0. The van der Waals surface area contributed by atoms with Crippen LogP contribution in [0.15, 0.2) is 48.7 Å². The van der Waals surface area contributed by atoms with Crippen LogP contribution in [0.25, 0.3) is 22.0 Å². The van der Waals surface area contributed by atoms with Gasteiger partial charge in [0.15, 0.2) is 0 Å². The number of fused-ring (bicyclic) bond motifs is 1. The van der Waals surface area contributed by atoms with Crippen LogP contribution in [0.2, 0.25) is 0 Å². The van der Waals surface area contributed by atoms with Crippen molar-refractivity contribution in [3.05, 3.63) is 54.2 Å². The summed E-state index contributed by atoms with van der Waals surface area (Å²) in [6.45, 7) is 2.26. The second-order valence-corrected chi connectivity index (χ2v) is 8.18. The Morgan fingerprint density at radius 3 is 2.65 bits per heavy atom. The molecule has 2 aliphatic rings. The molecule has 1 saturated carbocycles. The summed E-state index contributed by atoms with van der Waals surface area (Å²) >= 11 is 0. The highest BCUT2D eigenvalue weighted by atomic mass is 16.5. The van der Waals surface area contributed by atoms with Crippen LogP contribution in [0, 0.1) is 0 Å². The predicted octanol–water partition coefficient (Wildman–Crippen LogP) is 3.02. The lowest BCUT2D eigenvalue weighted by atomic mass is 10.0. The van der Waals surface area contributed by atoms with E-state index in [1.54, 1.807) is 4.90 Å². The van der Waals surface area contributed by atoms with Gasteiger partial charge in [-0.3, -0.25) is 14.3 Å². The summed E-state index contributed by atoms with van der Waals surface area (Å²) in [5.74, 6) is -0.0918. The highest BCUT2D eigenvalue weighted by Gasteiger charge is 2.25. The Balaban J connectivity index is 1.33. The molecule has 5 rings (SSSR count). The normalized spacial score (nSPS) is 18.1. The van der Waals surface area contributed by atoms with Crippen molar-refractivity contribution in [1.82, 2.24) is 20.0 Å². The Kier molecular flexibility index (Phi) is 5.42. The average Bonchev–Trinajstić information content (AvgIpc) is 3.56. The number of nitrogens with one attached hydrogen (secondary N) is 1. The number of amides is 2. The smallest absolute Gasteiger partial charge is 0.253 e. The third-order valence-electron chi connectivity index (χ3n) is 5.93. The van der Waals surface area contributed by atoms with Crippen molar-refractivity contribution in [3.8, 4) is 11.1 Å². The van der Waals surface area contributed by atoms with Crippen LogP contribution in [0.4, 0.5) is 0 Å². The number of aromatic nitrogens is 2. The summed E-state index contributed by atoms with van der Waals surface area (Å²) < 4.78 is 7.60. The molecule has 1 aliphatic heterocycles. The van der Waals surface area contributed by atoms with E-state index in [1.165, 1.54) is 12.8 Å². The topological polar surface area (TPSA) is 76.5 Å². The molecule has 7 heteroatoms. The number of ether oxygens (including phenoxy) is 1. The number of carbonyl (C=O) groups is 2. The van der Waals surface area contributed by atoms with E-state index in [1.807, 2.05) is 30.5 Å². The molecule has 0 spiro atoms. The van der Waals surface area contributed by atoms with Gasteiger partial charge < -0.3 is 15.0 Å². The number of hydrogen-bond donors (Lipinski definition) is 1. The third kappa shape index (κ3) is 4.32. The Morgan fingerprint density at radius 1 is 1.03 bits per heavy atom. The molecule has 0 unspecified atom stereocenters. The first-order valence-electron chi connectivity index (χ1n) is 10.9. The van der Waals surface area contributed by atoms with Crippen LogP contribution in [-0.4, -0.2) is 59.3 Å². The molecule has 2 heterocycles. The molecule has 1 aliphatic carbocycles. The Hall–Kier alpha value is -3.19. The zero-order chi connectivity index (χ0) is 21.2. The summed E-state index contributed by atoms with van der Waals surface area (Å²) in [6.07, 6.45) is 4.69. The first-order valence-corrected chi connectivity index (χ1v) is 10.9. The van der Waals surface area contributed by atoms with Crippen molar-refractivity contribution in [3.63, 3.8) is 0 Å². The molecule has 3 aromatic rings. The second-order valence-electron chi connectivity index (χ2n) is 8.18. The average molecular weight is 418 g/mol. The summed E-state index contributed by atoms with van der Waals surface area (Å²) in [5.41, 5.74) is 3.98. The quantitative estimate of drug-likeness (QED) is 0.709. The van der Waals surface area contributed by atoms with E-state index in [2.05, 4.69) is 33.3 Å². The van der Waals surface area contributed by atoms with E-state index >= 15 is 0 Å². The SMILES string of the molecule is O=C1CCOCCN(C(=O)c2ccc(-c3ccc4cnn(C5CC5)c4c3)cc2)CCN1. The fourth-order valence-electron chi connectivity index (χ4n) is 3.99. The van der Waals surface area contributed by atoms with Gasteiger partial charge in [0.2, 0.25) is 5.91 Å². The van der Waals surface area contributed by atoms with E-state index in [4.69, 9.17) is 4.74 Å². The molecule has 7 nitrogen and oxygen atoms in total. The van der Waals surface area contributed by atoms with Gasteiger partial charge in [0.1, 0.15) is 0 Å². The summed E-state index contributed by atoms with van der Waals surface area (Å²) in [7, 11) is 0. The third-order valence-corrected chi connectivity index (χ3v) is 5.93. The molecular formula is C24H26N4O3. The highest BCUT2D eigenvalue weighted by molar-refractivity contribution is 5.95. The van der Waals surface area contributed by atoms with E-state index in [0.29, 0.717) is 50.9 Å². The highest BCUT2D eigenvalue weighted by Crippen LogP contribution is 2.37. The number of hydrogen-bond acceptors (Lipinski definition) is 4. The molecule has 1 aromatic heterocycles. The van der Waals surface area contributed by atoms with Gasteiger partial charge in [0.25, 0.3) is 5.91 Å². The van der Waals surface area contributed by atoms with Gasteiger partial charge in [0.05, 0.1) is 31.0 Å². The van der Waals surface area contributed by atoms with E-state index in [-0.39, 0.29) is 11.8 Å². The molecule has 2 fully saturated rings. The molecular weight excluding hydrogens is 392 g/mol. The first kappa shape index (κ1) is 19.8. The Morgan fingerprint density at radius 2 is 1.84 bits per heavy atom. The van der Waals surface area contributed by atoms with Gasteiger partial charge in [-0.15, -0.1) is 0 Å². The minimum atomic E-state index is -0.0489. The molecule has 2 amide bonds. The van der Waals surface area contributed by atoms with E-state index in [0.717, 1.165) is 22.0 Å². The second kappa shape index (κ2) is 8.51. The summed E-state index contributed by atoms with van der Waals surface area (Å²) in [6, 6.07) is 14.7. The van der Waals surface area contributed by atoms with Crippen LogP contribution >= 0.6 is 0 Å². The Labute approximate surface area is 181 Å².